The molecule has 2 rings (SSSR count). The maximum atomic E-state index is 6.21. The second kappa shape index (κ2) is 6.28. The number of hydrogen-bond donors (Lipinski definition) is 1. The lowest BCUT2D eigenvalue weighted by atomic mass is 9.85. The summed E-state index contributed by atoms with van der Waals surface area (Å²) in [6.45, 7) is 10.3. The molecule has 0 saturated heterocycles. The van der Waals surface area contributed by atoms with Crippen LogP contribution in [0, 0.1) is 11.3 Å². The lowest BCUT2D eigenvalue weighted by Crippen LogP contribution is -2.44. The van der Waals surface area contributed by atoms with Gasteiger partial charge < -0.3 is 10.2 Å². The second-order valence-corrected chi connectivity index (χ2v) is 8.06. The normalized spacial score (nSPS) is 21.9. The molecule has 3 heteroatoms. The number of nitrogens with zero attached hydrogens (tertiary/aromatic N) is 1. The number of hydrogen-bond acceptors (Lipinski definition) is 2. The first kappa shape index (κ1) is 16.8. The van der Waals surface area contributed by atoms with E-state index in [2.05, 4.69) is 64.1 Å². The van der Waals surface area contributed by atoms with E-state index in [0.29, 0.717) is 18.0 Å². The number of nitrogens with one attached hydrogen (secondary N) is 1. The van der Waals surface area contributed by atoms with Gasteiger partial charge in [-0.1, -0.05) is 45.4 Å². The zero-order chi connectivity index (χ0) is 15.8. The third-order valence-corrected chi connectivity index (χ3v) is 5.05. The molecule has 1 N–H and O–H groups in total. The maximum Gasteiger partial charge on any atom is 0.0409 e. The van der Waals surface area contributed by atoms with E-state index in [-0.39, 0.29) is 5.41 Å². The fourth-order valence-electron chi connectivity index (χ4n) is 3.65. The van der Waals surface area contributed by atoms with Gasteiger partial charge in [0, 0.05) is 23.7 Å². The standard InChI is InChI=1S/C18H29ClN2/c1-12(2)16(21(5)6)11-20-17-15-9-14(19)8-7-13(15)10-18(17,3)4/h7-9,12,16-17,20H,10-11H2,1-6H3. The van der Waals surface area contributed by atoms with Crippen molar-refractivity contribution >= 4 is 11.6 Å². The van der Waals surface area contributed by atoms with E-state index in [0.717, 1.165) is 18.0 Å². The van der Waals surface area contributed by atoms with Gasteiger partial charge in [0.1, 0.15) is 0 Å². The Morgan fingerprint density at radius 3 is 2.57 bits per heavy atom. The molecule has 0 fully saturated rings. The second-order valence-electron chi connectivity index (χ2n) is 7.62. The van der Waals surface area contributed by atoms with Crippen molar-refractivity contribution in [1.82, 2.24) is 10.2 Å². The number of halogens is 1. The van der Waals surface area contributed by atoms with Crippen LogP contribution in [0.25, 0.3) is 0 Å². The third kappa shape index (κ3) is 3.61. The highest BCUT2D eigenvalue weighted by Crippen LogP contribution is 2.45. The Morgan fingerprint density at radius 1 is 1.33 bits per heavy atom. The molecule has 1 aromatic carbocycles. The molecule has 1 aliphatic rings. The average molecular weight is 309 g/mol. The van der Waals surface area contributed by atoms with Crippen molar-refractivity contribution in [2.24, 2.45) is 11.3 Å². The molecule has 0 heterocycles. The van der Waals surface area contributed by atoms with Gasteiger partial charge in [-0.15, -0.1) is 0 Å². The number of fused-ring (bicyclic) bond motifs is 1. The Bertz CT molecular complexity index is 486. The average Bonchev–Trinajstić information content (AvgIpc) is 2.59. The lowest BCUT2D eigenvalue weighted by Gasteiger charge is -2.34. The van der Waals surface area contributed by atoms with Crippen molar-refractivity contribution in [3.8, 4) is 0 Å². The Kier molecular flexibility index (Phi) is 5.02. The minimum absolute atomic E-state index is 0.237. The predicted molar refractivity (Wildman–Crippen MR) is 92.0 cm³/mol. The zero-order valence-corrected chi connectivity index (χ0v) is 15.0. The van der Waals surface area contributed by atoms with Crippen LogP contribution in [0.2, 0.25) is 5.02 Å². The fourth-order valence-corrected chi connectivity index (χ4v) is 3.83. The molecule has 0 amide bonds. The van der Waals surface area contributed by atoms with Gasteiger partial charge in [-0.2, -0.15) is 0 Å². The van der Waals surface area contributed by atoms with Crippen LogP contribution in [-0.2, 0) is 6.42 Å². The van der Waals surface area contributed by atoms with Crippen molar-refractivity contribution in [3.63, 3.8) is 0 Å². The lowest BCUT2D eigenvalue weighted by molar-refractivity contribution is 0.194. The highest BCUT2D eigenvalue weighted by molar-refractivity contribution is 6.30. The molecule has 2 unspecified atom stereocenters. The van der Waals surface area contributed by atoms with Crippen molar-refractivity contribution < 1.29 is 0 Å². The summed E-state index contributed by atoms with van der Waals surface area (Å²) in [4.78, 5) is 2.32. The van der Waals surface area contributed by atoms with Crippen LogP contribution in [-0.4, -0.2) is 31.6 Å². The molecule has 0 spiro atoms. The first-order chi connectivity index (χ1) is 9.72. The summed E-state index contributed by atoms with van der Waals surface area (Å²) in [6.07, 6.45) is 1.12. The van der Waals surface area contributed by atoms with Crippen molar-refractivity contribution in [2.45, 2.75) is 46.2 Å². The summed E-state index contributed by atoms with van der Waals surface area (Å²) in [5.74, 6) is 0.635. The topological polar surface area (TPSA) is 15.3 Å². The van der Waals surface area contributed by atoms with Gasteiger partial charge >= 0.3 is 0 Å². The molecular formula is C18H29ClN2. The van der Waals surface area contributed by atoms with Crippen LogP contribution >= 0.6 is 11.6 Å². The van der Waals surface area contributed by atoms with E-state index < -0.39 is 0 Å². The summed E-state index contributed by atoms with van der Waals surface area (Å²) in [6, 6.07) is 7.27. The van der Waals surface area contributed by atoms with E-state index in [9.17, 15) is 0 Å². The molecular weight excluding hydrogens is 280 g/mol. The molecule has 0 saturated carbocycles. The van der Waals surface area contributed by atoms with Gasteiger partial charge in [0.15, 0.2) is 0 Å². The highest BCUT2D eigenvalue weighted by atomic mass is 35.5. The zero-order valence-electron chi connectivity index (χ0n) is 14.2. The first-order valence-electron chi connectivity index (χ1n) is 7.90. The van der Waals surface area contributed by atoms with Gasteiger partial charge in [-0.3, -0.25) is 0 Å². The Hall–Kier alpha value is -0.570. The molecule has 118 valence electrons. The molecule has 1 aromatic rings. The van der Waals surface area contributed by atoms with E-state index in [1.165, 1.54) is 11.1 Å². The molecule has 2 atom stereocenters. The van der Waals surface area contributed by atoms with Gasteiger partial charge in [0.05, 0.1) is 0 Å². The predicted octanol–water partition coefficient (Wildman–Crippen LogP) is 4.14. The van der Waals surface area contributed by atoms with E-state index >= 15 is 0 Å². The minimum atomic E-state index is 0.237. The molecule has 0 aromatic heterocycles. The first-order valence-corrected chi connectivity index (χ1v) is 8.28. The summed E-state index contributed by atoms with van der Waals surface area (Å²) in [5.41, 5.74) is 3.06. The van der Waals surface area contributed by atoms with Crippen LogP contribution in [0.3, 0.4) is 0 Å². The van der Waals surface area contributed by atoms with E-state index in [4.69, 9.17) is 11.6 Å². The summed E-state index contributed by atoms with van der Waals surface area (Å²) in [7, 11) is 4.33. The van der Waals surface area contributed by atoms with Gasteiger partial charge in [0.2, 0.25) is 0 Å². The molecule has 0 radical (unpaired) electrons. The summed E-state index contributed by atoms with van der Waals surface area (Å²) < 4.78 is 0. The largest absolute Gasteiger partial charge is 0.308 e. The van der Waals surface area contributed by atoms with Crippen LogP contribution in [0.5, 0.6) is 0 Å². The smallest absolute Gasteiger partial charge is 0.0409 e. The van der Waals surface area contributed by atoms with Gasteiger partial charge in [0.25, 0.3) is 0 Å². The van der Waals surface area contributed by atoms with Crippen LogP contribution in [0.1, 0.15) is 44.9 Å². The minimum Gasteiger partial charge on any atom is -0.308 e. The van der Waals surface area contributed by atoms with E-state index in [1.54, 1.807) is 0 Å². The molecule has 1 aliphatic carbocycles. The number of rotatable bonds is 5. The summed E-state index contributed by atoms with van der Waals surface area (Å²) >= 11 is 6.21. The SMILES string of the molecule is CC(C)C(CNC1c2cc(Cl)ccc2CC1(C)C)N(C)C. The highest BCUT2D eigenvalue weighted by Gasteiger charge is 2.39. The van der Waals surface area contributed by atoms with Crippen molar-refractivity contribution in [1.29, 1.82) is 0 Å². The van der Waals surface area contributed by atoms with Crippen LogP contribution in [0.15, 0.2) is 18.2 Å². The molecule has 0 bridgehead atoms. The molecule has 21 heavy (non-hydrogen) atoms. The van der Waals surface area contributed by atoms with E-state index in [1.807, 2.05) is 6.07 Å². The molecule has 0 aliphatic heterocycles. The summed E-state index contributed by atoms with van der Waals surface area (Å²) in [5, 5.41) is 4.66. The Balaban J connectivity index is 2.17. The monoisotopic (exact) mass is 308 g/mol. The van der Waals surface area contributed by atoms with Crippen LogP contribution in [0.4, 0.5) is 0 Å². The number of likely N-dealkylation sites (N-methyl/N-ethyl adjacent to an activating group) is 1. The molecule has 2 nitrogen and oxygen atoms in total. The van der Waals surface area contributed by atoms with Crippen LogP contribution < -0.4 is 5.32 Å². The fraction of sp³-hybridized carbons (Fsp3) is 0.667. The van der Waals surface area contributed by atoms with Crippen molar-refractivity contribution in [2.75, 3.05) is 20.6 Å². The third-order valence-electron chi connectivity index (χ3n) is 4.81. The Morgan fingerprint density at radius 2 is 2.00 bits per heavy atom. The van der Waals surface area contributed by atoms with Gasteiger partial charge in [-0.05, 0) is 55.1 Å². The number of benzene rings is 1. The maximum absolute atomic E-state index is 6.21. The van der Waals surface area contributed by atoms with Gasteiger partial charge in [-0.25, -0.2) is 0 Å². The quantitative estimate of drug-likeness (QED) is 0.879. The van der Waals surface area contributed by atoms with Crippen molar-refractivity contribution in [3.05, 3.63) is 34.3 Å². The Labute approximate surface area is 134 Å².